The lowest BCUT2D eigenvalue weighted by Crippen LogP contribution is -2.50. The zero-order valence-corrected chi connectivity index (χ0v) is 23.6. The highest BCUT2D eigenvalue weighted by Gasteiger charge is 2.32. The number of pyridine rings is 1. The van der Waals surface area contributed by atoms with Crippen LogP contribution in [0.15, 0.2) is 42.7 Å². The Bertz CT molecular complexity index is 1170. The molecule has 4 amide bonds. The molecule has 3 atom stereocenters. The minimum atomic E-state index is -0.405. The molecule has 2 aromatic rings. The monoisotopic (exact) mass is 551 g/mol. The molecule has 0 unspecified atom stereocenters. The predicted octanol–water partition coefficient (Wildman–Crippen LogP) is 3.46. The van der Waals surface area contributed by atoms with Crippen LogP contribution in [0.2, 0.25) is 0 Å². The Balaban J connectivity index is 1.56. The molecule has 0 radical (unpaired) electrons. The maximum absolute atomic E-state index is 13.4. The maximum atomic E-state index is 13.4. The summed E-state index contributed by atoms with van der Waals surface area (Å²) in [6, 6.07) is 8.20. The van der Waals surface area contributed by atoms with Crippen LogP contribution in [0.25, 0.3) is 0 Å². The number of aliphatic hydroxyl groups is 1. The number of benzene rings is 1. The number of nitrogens with zero attached hydrogens (tertiary/aromatic N) is 3. The van der Waals surface area contributed by atoms with Crippen molar-refractivity contribution in [3.63, 3.8) is 0 Å². The summed E-state index contributed by atoms with van der Waals surface area (Å²) in [5.41, 5.74) is 1.63. The first-order chi connectivity index (χ1) is 19.2. The number of ether oxygens (including phenoxy) is 1. The predicted molar refractivity (Wildman–Crippen MR) is 152 cm³/mol. The number of nitrogens with one attached hydrogen (secondary N) is 2. The van der Waals surface area contributed by atoms with Crippen molar-refractivity contribution < 1.29 is 24.2 Å². The third-order valence-corrected chi connectivity index (χ3v) is 7.85. The first kappa shape index (κ1) is 29.3. The molecule has 1 aromatic heterocycles. The summed E-state index contributed by atoms with van der Waals surface area (Å²) < 4.78 is 6.51. The fourth-order valence-corrected chi connectivity index (χ4v) is 5.32. The number of anilines is 1. The molecule has 10 nitrogen and oxygen atoms in total. The van der Waals surface area contributed by atoms with Gasteiger partial charge in [0.25, 0.3) is 5.91 Å². The second-order valence-corrected chi connectivity index (χ2v) is 11.1. The van der Waals surface area contributed by atoms with Gasteiger partial charge in [-0.15, -0.1) is 0 Å². The summed E-state index contributed by atoms with van der Waals surface area (Å²) in [7, 11) is 1.76. The number of fused-ring (bicyclic) bond motifs is 1. The SMILES string of the molecule is C[C@@H]1CN([C@H](C)CO)C(=O)Cc2cc(NC(=O)c3ccncc3)ccc2O[C@@H]1CN(C)C(=O)NC1CCCCC1. The van der Waals surface area contributed by atoms with Gasteiger partial charge in [0.05, 0.1) is 25.6 Å². The number of aromatic nitrogens is 1. The number of aliphatic hydroxyl groups excluding tert-OH is 1. The van der Waals surface area contributed by atoms with Crippen molar-refractivity contribution in [2.75, 3.05) is 32.1 Å². The van der Waals surface area contributed by atoms with E-state index in [-0.39, 0.29) is 48.9 Å². The van der Waals surface area contributed by atoms with Crippen LogP contribution in [0.3, 0.4) is 0 Å². The number of urea groups is 1. The molecule has 1 fully saturated rings. The highest BCUT2D eigenvalue weighted by atomic mass is 16.5. The largest absolute Gasteiger partial charge is 0.488 e. The quantitative estimate of drug-likeness (QED) is 0.484. The fraction of sp³-hybridized carbons (Fsp3) is 0.533. The summed E-state index contributed by atoms with van der Waals surface area (Å²) in [5.74, 6) is -0.0169. The molecule has 1 aromatic carbocycles. The van der Waals surface area contributed by atoms with E-state index in [1.165, 1.54) is 6.42 Å². The Morgan fingerprint density at radius 3 is 2.60 bits per heavy atom. The molecule has 216 valence electrons. The number of hydrogen-bond donors (Lipinski definition) is 3. The van der Waals surface area contributed by atoms with Crippen LogP contribution in [-0.2, 0) is 11.2 Å². The minimum Gasteiger partial charge on any atom is -0.488 e. The molecule has 3 N–H and O–H groups in total. The van der Waals surface area contributed by atoms with Crippen molar-refractivity contribution in [3.8, 4) is 5.75 Å². The number of carbonyl (C=O) groups excluding carboxylic acids is 3. The smallest absolute Gasteiger partial charge is 0.317 e. The normalized spacial score (nSPS) is 20.7. The standard InChI is InChI=1S/C30H41N5O5/c1-20-17-35(21(2)19-36)28(37)16-23-15-25(32-29(38)22-11-13-31-14-12-22)9-10-26(23)40-27(20)18-34(3)30(39)33-24-7-5-4-6-8-24/h9-15,20-21,24,27,36H,4-8,16-19H2,1-3H3,(H,32,38)(H,33,39)/t20-,21-,27-/m1/s1. The van der Waals surface area contributed by atoms with Crippen molar-refractivity contribution in [1.29, 1.82) is 0 Å². The van der Waals surface area contributed by atoms with E-state index in [1.807, 2.05) is 13.8 Å². The van der Waals surface area contributed by atoms with E-state index in [0.717, 1.165) is 25.7 Å². The molecule has 4 rings (SSSR count). The Morgan fingerprint density at radius 1 is 1.18 bits per heavy atom. The zero-order chi connectivity index (χ0) is 28.6. The van der Waals surface area contributed by atoms with Crippen molar-refractivity contribution in [2.45, 2.75) is 70.6 Å². The van der Waals surface area contributed by atoms with Crippen LogP contribution in [-0.4, -0.2) is 82.7 Å². The van der Waals surface area contributed by atoms with Gasteiger partial charge < -0.3 is 30.3 Å². The van der Waals surface area contributed by atoms with Crippen LogP contribution in [0.5, 0.6) is 5.75 Å². The van der Waals surface area contributed by atoms with Crippen LogP contribution < -0.4 is 15.4 Å². The van der Waals surface area contributed by atoms with Crippen molar-refractivity contribution in [1.82, 2.24) is 20.1 Å². The Labute approximate surface area is 236 Å². The average molecular weight is 552 g/mol. The number of likely N-dealkylation sites (N-methyl/N-ethyl adjacent to an activating group) is 1. The molecule has 10 heteroatoms. The third kappa shape index (κ3) is 7.50. The van der Waals surface area contributed by atoms with Crippen molar-refractivity contribution in [2.24, 2.45) is 5.92 Å². The average Bonchev–Trinajstić information content (AvgIpc) is 3.01. The van der Waals surface area contributed by atoms with E-state index in [1.54, 1.807) is 59.6 Å². The van der Waals surface area contributed by atoms with Gasteiger partial charge in [-0.2, -0.15) is 0 Å². The van der Waals surface area contributed by atoms with E-state index in [2.05, 4.69) is 15.6 Å². The van der Waals surface area contributed by atoms with Gasteiger partial charge in [-0.3, -0.25) is 14.6 Å². The number of amides is 4. The van der Waals surface area contributed by atoms with E-state index < -0.39 is 6.10 Å². The molecule has 1 aliphatic heterocycles. The summed E-state index contributed by atoms with van der Waals surface area (Å²) in [5, 5.41) is 15.9. The van der Waals surface area contributed by atoms with Gasteiger partial charge in [0, 0.05) is 54.8 Å². The molecule has 0 bridgehead atoms. The third-order valence-electron chi connectivity index (χ3n) is 7.85. The van der Waals surface area contributed by atoms with E-state index in [4.69, 9.17) is 4.74 Å². The first-order valence-electron chi connectivity index (χ1n) is 14.2. The lowest BCUT2D eigenvalue weighted by molar-refractivity contribution is -0.134. The van der Waals surface area contributed by atoms with Gasteiger partial charge in [-0.1, -0.05) is 26.2 Å². The summed E-state index contributed by atoms with van der Waals surface area (Å²) in [6.07, 6.45) is 8.22. The Kier molecular flexibility index (Phi) is 9.98. The van der Waals surface area contributed by atoms with Crippen molar-refractivity contribution in [3.05, 3.63) is 53.9 Å². The molecule has 1 saturated carbocycles. The van der Waals surface area contributed by atoms with Gasteiger partial charge in [-0.25, -0.2) is 4.79 Å². The highest BCUT2D eigenvalue weighted by Crippen LogP contribution is 2.29. The van der Waals surface area contributed by atoms with Gasteiger partial charge >= 0.3 is 6.03 Å². The van der Waals surface area contributed by atoms with E-state index in [0.29, 0.717) is 35.7 Å². The molecular formula is C30H41N5O5. The molecule has 40 heavy (non-hydrogen) atoms. The molecular weight excluding hydrogens is 510 g/mol. The van der Waals surface area contributed by atoms with E-state index >= 15 is 0 Å². The molecule has 0 spiro atoms. The maximum Gasteiger partial charge on any atom is 0.317 e. The fourth-order valence-electron chi connectivity index (χ4n) is 5.32. The Hall–Kier alpha value is -3.66. The summed E-state index contributed by atoms with van der Waals surface area (Å²) in [6.45, 7) is 4.35. The molecule has 0 saturated heterocycles. The lowest BCUT2D eigenvalue weighted by atomic mass is 9.96. The first-order valence-corrected chi connectivity index (χ1v) is 14.2. The molecule has 1 aliphatic carbocycles. The summed E-state index contributed by atoms with van der Waals surface area (Å²) in [4.78, 5) is 46.4. The van der Waals surface area contributed by atoms with Crippen molar-refractivity contribution >= 4 is 23.5 Å². The molecule has 2 heterocycles. The number of carbonyl (C=O) groups is 3. The van der Waals surface area contributed by atoms with Crippen LogP contribution in [0.1, 0.15) is 61.9 Å². The Morgan fingerprint density at radius 2 is 1.90 bits per heavy atom. The topological polar surface area (TPSA) is 124 Å². The van der Waals surface area contributed by atoms with E-state index in [9.17, 15) is 19.5 Å². The summed E-state index contributed by atoms with van der Waals surface area (Å²) >= 11 is 0. The van der Waals surface area contributed by atoms with Gasteiger partial charge in [0.2, 0.25) is 5.91 Å². The van der Waals surface area contributed by atoms with Gasteiger partial charge in [0.15, 0.2) is 0 Å². The highest BCUT2D eigenvalue weighted by molar-refractivity contribution is 6.04. The second kappa shape index (κ2) is 13.6. The van der Waals surface area contributed by atoms with Crippen LogP contribution >= 0.6 is 0 Å². The number of hydrogen-bond acceptors (Lipinski definition) is 6. The number of rotatable bonds is 7. The zero-order valence-electron chi connectivity index (χ0n) is 23.6. The lowest BCUT2D eigenvalue weighted by Gasteiger charge is -2.34. The van der Waals surface area contributed by atoms with Crippen LogP contribution in [0, 0.1) is 5.92 Å². The second-order valence-electron chi connectivity index (χ2n) is 11.1. The molecule has 2 aliphatic rings. The van der Waals surface area contributed by atoms with Crippen LogP contribution in [0.4, 0.5) is 10.5 Å². The van der Waals surface area contributed by atoms with Gasteiger partial charge in [0.1, 0.15) is 11.9 Å². The minimum absolute atomic E-state index is 0.0517. The van der Waals surface area contributed by atoms with Gasteiger partial charge in [-0.05, 0) is 50.1 Å².